The van der Waals surface area contributed by atoms with Crippen molar-refractivity contribution < 1.29 is 20.1 Å². The third-order valence-corrected chi connectivity index (χ3v) is 6.13. The Balaban J connectivity index is 0.00000280. The number of pyridine rings is 3. The maximum Gasteiger partial charge on any atom is 0.0702 e. The molecule has 0 aliphatic carbocycles. The van der Waals surface area contributed by atoms with Crippen molar-refractivity contribution in [2.24, 2.45) is 0 Å². The molecule has 1 radical (unpaired) electrons. The summed E-state index contributed by atoms with van der Waals surface area (Å²) in [7, 11) is 0. The molecule has 3 aromatic heterocycles. The van der Waals surface area contributed by atoms with E-state index in [-0.39, 0.29) is 20.1 Å². The van der Waals surface area contributed by atoms with E-state index in [9.17, 15) is 0 Å². The number of aromatic nitrogens is 3. The van der Waals surface area contributed by atoms with Gasteiger partial charge in [-0.2, -0.15) is 0 Å². The molecule has 0 saturated carbocycles. The minimum absolute atomic E-state index is 0. The quantitative estimate of drug-likeness (QED) is 0.177. The fourth-order valence-electron chi connectivity index (χ4n) is 4.35. The molecule has 37 heavy (non-hydrogen) atoms. The van der Waals surface area contributed by atoms with Gasteiger partial charge in [-0.1, -0.05) is 42.5 Å². The van der Waals surface area contributed by atoms with E-state index in [2.05, 4.69) is 75.6 Å². The summed E-state index contributed by atoms with van der Waals surface area (Å²) in [4.78, 5) is 13.7. The average molecular weight is 653 g/mol. The largest absolute Gasteiger partial charge is 0.305 e. The molecule has 6 aromatic rings. The Morgan fingerprint density at radius 3 is 1.46 bits per heavy atom. The monoisotopic (exact) mass is 653 g/mol. The van der Waals surface area contributed by atoms with Gasteiger partial charge >= 0.3 is 0 Å². The molecule has 0 atom stereocenters. The van der Waals surface area contributed by atoms with Gasteiger partial charge in [0.2, 0.25) is 0 Å². The zero-order valence-corrected chi connectivity index (χ0v) is 22.3. The van der Waals surface area contributed by atoms with Crippen molar-refractivity contribution in [1.29, 1.82) is 0 Å². The van der Waals surface area contributed by atoms with E-state index in [1.165, 1.54) is 0 Å². The second-order valence-corrected chi connectivity index (χ2v) is 8.52. The first-order chi connectivity index (χ1) is 17.8. The molecule has 0 aliphatic heterocycles. The first-order valence-corrected chi connectivity index (χ1v) is 11.9. The minimum Gasteiger partial charge on any atom is -0.305 e. The molecule has 0 amide bonds. The van der Waals surface area contributed by atoms with Gasteiger partial charge in [0.15, 0.2) is 0 Å². The van der Waals surface area contributed by atoms with Crippen LogP contribution < -0.4 is 0 Å². The van der Waals surface area contributed by atoms with E-state index in [0.29, 0.717) is 0 Å². The van der Waals surface area contributed by atoms with E-state index >= 15 is 0 Å². The molecule has 0 spiro atoms. The van der Waals surface area contributed by atoms with E-state index in [4.69, 9.17) is 0 Å². The van der Waals surface area contributed by atoms with E-state index in [1.54, 1.807) is 0 Å². The molecule has 0 unspecified atom stereocenters. The van der Waals surface area contributed by atoms with Gasteiger partial charge < -0.3 is 4.98 Å². The molecule has 3 nitrogen and oxygen atoms in total. The molecule has 4 heteroatoms. The summed E-state index contributed by atoms with van der Waals surface area (Å²) in [5.74, 6) is 0. The van der Waals surface area contributed by atoms with Crippen LogP contribution in [0.2, 0.25) is 0 Å². The van der Waals surface area contributed by atoms with Gasteiger partial charge in [-0.05, 0) is 77.0 Å². The first kappa shape index (κ1) is 24.5. The number of nitrogens with zero attached hydrogens (tertiary/aromatic N) is 3. The maximum atomic E-state index is 4.59. The number of hydrogen-bond donors (Lipinski definition) is 0. The zero-order chi connectivity index (χ0) is 24.2. The first-order valence-electron chi connectivity index (χ1n) is 11.9. The third-order valence-electron chi connectivity index (χ3n) is 6.13. The third kappa shape index (κ3) is 5.46. The molecular formula is C33H22IrN3-. The van der Waals surface area contributed by atoms with Crippen LogP contribution >= 0.6 is 0 Å². The summed E-state index contributed by atoms with van der Waals surface area (Å²) >= 11 is 0. The molecule has 0 bridgehead atoms. The molecule has 179 valence electrons. The van der Waals surface area contributed by atoms with Crippen LogP contribution in [0.25, 0.3) is 56.0 Å². The van der Waals surface area contributed by atoms with Gasteiger partial charge in [0.1, 0.15) is 0 Å². The molecule has 0 aliphatic rings. The van der Waals surface area contributed by atoms with Crippen molar-refractivity contribution in [3.63, 3.8) is 0 Å². The van der Waals surface area contributed by atoms with E-state index in [1.807, 2.05) is 79.3 Å². The smallest absolute Gasteiger partial charge is 0.0702 e. The van der Waals surface area contributed by atoms with Crippen LogP contribution in [0.4, 0.5) is 0 Å². The molecule has 0 N–H and O–H groups in total. The van der Waals surface area contributed by atoms with Gasteiger partial charge in [-0.3, -0.25) is 9.97 Å². The van der Waals surface area contributed by atoms with Gasteiger partial charge in [-0.15, -0.1) is 35.4 Å². The summed E-state index contributed by atoms with van der Waals surface area (Å²) in [6.07, 6.45) is 5.47. The van der Waals surface area contributed by atoms with Crippen LogP contribution in [-0.2, 0) is 20.1 Å². The summed E-state index contributed by atoms with van der Waals surface area (Å²) in [6.45, 7) is 0. The van der Waals surface area contributed by atoms with Crippen molar-refractivity contribution in [2.75, 3.05) is 0 Å². The number of rotatable bonds is 5. The van der Waals surface area contributed by atoms with E-state index in [0.717, 1.165) is 56.0 Å². The standard InChI is InChI=1S/C33H22N3.Ir/c1-4-16-34-31(13-1)27-12-8-10-25(20-27)24-9-7-11-26(19-24)28-21-29(32-14-2-5-17-35-32)23-30(22-28)33-15-3-6-18-36-33;/h1-11,13-23H;/q-1;. The molecule has 6 rings (SSSR count). The predicted octanol–water partition coefficient (Wildman–Crippen LogP) is 8.00. The van der Waals surface area contributed by atoms with E-state index < -0.39 is 0 Å². The van der Waals surface area contributed by atoms with Crippen LogP contribution in [-0.4, -0.2) is 15.0 Å². The van der Waals surface area contributed by atoms with Crippen molar-refractivity contribution in [3.05, 3.63) is 140 Å². The molecule has 3 heterocycles. The fraction of sp³-hybridized carbons (Fsp3) is 0. The summed E-state index contributed by atoms with van der Waals surface area (Å²) < 4.78 is 0. The predicted molar refractivity (Wildman–Crippen MR) is 146 cm³/mol. The van der Waals surface area contributed by atoms with Gasteiger partial charge in [0.25, 0.3) is 0 Å². The number of benzene rings is 3. The van der Waals surface area contributed by atoms with Crippen molar-refractivity contribution >= 4 is 0 Å². The fourth-order valence-corrected chi connectivity index (χ4v) is 4.35. The second-order valence-electron chi connectivity index (χ2n) is 8.52. The van der Waals surface area contributed by atoms with Gasteiger partial charge in [0.05, 0.1) is 11.4 Å². The Labute approximate surface area is 230 Å². The van der Waals surface area contributed by atoms with Crippen molar-refractivity contribution in [1.82, 2.24) is 15.0 Å². The Morgan fingerprint density at radius 2 is 0.892 bits per heavy atom. The van der Waals surface area contributed by atoms with Crippen LogP contribution in [0.1, 0.15) is 0 Å². The second kappa shape index (κ2) is 11.2. The summed E-state index contributed by atoms with van der Waals surface area (Å²) in [6, 6.07) is 42.6. The van der Waals surface area contributed by atoms with Crippen molar-refractivity contribution in [3.8, 4) is 56.0 Å². The Hall–Kier alpha value is -4.24. The molecular weight excluding hydrogens is 631 g/mol. The minimum atomic E-state index is 0. The van der Waals surface area contributed by atoms with Gasteiger partial charge in [-0.25, -0.2) is 0 Å². The van der Waals surface area contributed by atoms with Crippen LogP contribution in [0.5, 0.6) is 0 Å². The molecule has 0 fully saturated rings. The van der Waals surface area contributed by atoms with Gasteiger partial charge in [0, 0.05) is 49.8 Å². The van der Waals surface area contributed by atoms with Crippen LogP contribution in [0, 0.1) is 6.07 Å². The molecule has 0 saturated heterocycles. The maximum absolute atomic E-state index is 4.59. The molecule has 3 aromatic carbocycles. The van der Waals surface area contributed by atoms with Crippen molar-refractivity contribution in [2.45, 2.75) is 0 Å². The summed E-state index contributed by atoms with van der Waals surface area (Å²) in [5, 5.41) is 0. The Kier molecular flexibility index (Phi) is 7.41. The summed E-state index contributed by atoms with van der Waals surface area (Å²) in [5.41, 5.74) is 10.4. The van der Waals surface area contributed by atoms with Crippen LogP contribution in [0.3, 0.4) is 0 Å². The number of hydrogen-bond acceptors (Lipinski definition) is 3. The SMILES string of the molecule is [Ir].[c-]1ccc(-c2cccc(-c3cc(-c4ccccn4)cc(-c4ccccn4)c3)c2)cc1-c1ccccn1. The Morgan fingerprint density at radius 1 is 0.405 bits per heavy atom. The average Bonchev–Trinajstić information content (AvgIpc) is 2.98. The normalized spacial score (nSPS) is 10.5. The Bertz CT molecular complexity index is 1560. The zero-order valence-electron chi connectivity index (χ0n) is 19.9. The topological polar surface area (TPSA) is 38.7 Å². The van der Waals surface area contributed by atoms with Crippen LogP contribution in [0.15, 0.2) is 134 Å².